The van der Waals surface area contributed by atoms with E-state index in [0.717, 1.165) is 54.2 Å². The fraction of sp³-hybridized carbons (Fsp3) is 0.833. The van der Waals surface area contributed by atoms with Crippen LogP contribution in [0.4, 0.5) is 5.13 Å². The highest BCUT2D eigenvalue weighted by atomic mass is 32.2. The van der Waals surface area contributed by atoms with E-state index in [1.807, 2.05) is 0 Å². The Hall–Kier alpha value is -0.820. The molecule has 1 amide bonds. The van der Waals surface area contributed by atoms with E-state index in [0.29, 0.717) is 11.8 Å². The predicted molar refractivity (Wildman–Crippen MR) is 107 cm³/mol. The number of thioether (sulfide) groups is 1. The van der Waals surface area contributed by atoms with Crippen LogP contribution in [-0.4, -0.2) is 45.9 Å². The van der Waals surface area contributed by atoms with Crippen LogP contribution >= 0.6 is 23.1 Å². The molecule has 25 heavy (non-hydrogen) atoms. The van der Waals surface area contributed by atoms with Gasteiger partial charge >= 0.3 is 0 Å². The van der Waals surface area contributed by atoms with Crippen LogP contribution in [0, 0.1) is 5.92 Å². The molecule has 0 saturated carbocycles. The first-order valence-corrected chi connectivity index (χ1v) is 11.4. The first kappa shape index (κ1) is 20.5. The van der Waals surface area contributed by atoms with Crippen molar-refractivity contribution in [2.75, 3.05) is 24.2 Å². The highest BCUT2D eigenvalue weighted by molar-refractivity contribution is 8.01. The van der Waals surface area contributed by atoms with E-state index in [-0.39, 0.29) is 5.91 Å². The van der Waals surface area contributed by atoms with Gasteiger partial charge in [0.2, 0.25) is 11.0 Å². The third kappa shape index (κ3) is 6.77. The Morgan fingerprint density at radius 2 is 2.24 bits per heavy atom. The van der Waals surface area contributed by atoms with Gasteiger partial charge in [-0.15, -0.1) is 10.2 Å². The number of hydrogen-bond donors (Lipinski definition) is 1. The van der Waals surface area contributed by atoms with Crippen molar-refractivity contribution in [2.24, 2.45) is 5.92 Å². The van der Waals surface area contributed by atoms with E-state index in [9.17, 15) is 4.79 Å². The minimum absolute atomic E-state index is 0.245. The Balaban J connectivity index is 1.70. The van der Waals surface area contributed by atoms with Gasteiger partial charge in [0.15, 0.2) is 4.34 Å². The average Bonchev–Trinajstić information content (AvgIpc) is 3.10. The molecule has 0 aliphatic carbocycles. The summed E-state index contributed by atoms with van der Waals surface area (Å²) >= 11 is 3.07. The first-order chi connectivity index (χ1) is 12.1. The Kier molecular flexibility index (Phi) is 9.03. The normalized spacial score (nSPS) is 19.0. The van der Waals surface area contributed by atoms with Crippen LogP contribution in [-0.2, 0) is 4.79 Å². The molecule has 0 aromatic carbocycles. The summed E-state index contributed by atoms with van der Waals surface area (Å²) in [7, 11) is 0. The number of carbonyl (C=O) groups excluding carboxylic acids is 1. The largest absolute Gasteiger partial charge is 0.360 e. The van der Waals surface area contributed by atoms with E-state index < -0.39 is 0 Å². The smallest absolute Gasteiger partial charge is 0.233 e. The van der Waals surface area contributed by atoms with Crippen LogP contribution in [0.15, 0.2) is 4.34 Å². The van der Waals surface area contributed by atoms with Crippen LogP contribution in [0.3, 0.4) is 0 Å². The molecule has 1 fully saturated rings. The fourth-order valence-electron chi connectivity index (χ4n) is 3.15. The van der Waals surface area contributed by atoms with Crippen molar-refractivity contribution in [1.82, 2.24) is 15.1 Å². The van der Waals surface area contributed by atoms with Gasteiger partial charge in [0.25, 0.3) is 0 Å². The lowest BCUT2D eigenvalue weighted by Gasteiger charge is -2.35. The summed E-state index contributed by atoms with van der Waals surface area (Å²) in [5, 5.41) is 12.6. The maximum Gasteiger partial charge on any atom is 0.233 e. The van der Waals surface area contributed by atoms with Crippen molar-refractivity contribution in [2.45, 2.75) is 76.1 Å². The summed E-state index contributed by atoms with van der Waals surface area (Å²) in [5.74, 6) is 1.50. The molecule has 1 aromatic rings. The minimum atomic E-state index is 0.245. The molecule has 1 aliphatic heterocycles. The molecular formula is C18H32N4OS2. The van der Waals surface area contributed by atoms with E-state index in [1.54, 1.807) is 11.3 Å². The highest BCUT2D eigenvalue weighted by Crippen LogP contribution is 2.27. The molecule has 1 aliphatic rings. The molecule has 5 nitrogen and oxygen atoms in total. The number of piperidine rings is 1. The molecule has 0 spiro atoms. The summed E-state index contributed by atoms with van der Waals surface area (Å²) in [4.78, 5) is 14.6. The molecule has 2 atom stereocenters. The Morgan fingerprint density at radius 3 is 3.00 bits per heavy atom. The van der Waals surface area contributed by atoms with Gasteiger partial charge in [0.05, 0.1) is 5.75 Å². The third-order valence-corrected chi connectivity index (χ3v) is 6.99. The molecule has 2 rings (SSSR count). The van der Waals surface area contributed by atoms with Gasteiger partial charge in [-0.25, -0.2) is 0 Å². The van der Waals surface area contributed by atoms with Crippen LogP contribution in [0.1, 0.15) is 65.7 Å². The number of aromatic nitrogens is 2. The lowest BCUT2D eigenvalue weighted by Crippen LogP contribution is -2.44. The van der Waals surface area contributed by atoms with E-state index in [1.165, 1.54) is 31.0 Å². The van der Waals surface area contributed by atoms with Crippen LogP contribution < -0.4 is 5.32 Å². The van der Waals surface area contributed by atoms with Gasteiger partial charge in [-0.3, -0.25) is 4.79 Å². The quantitative estimate of drug-likeness (QED) is 0.470. The number of nitrogens with zero attached hydrogens (tertiary/aromatic N) is 3. The number of hydrogen-bond acceptors (Lipinski definition) is 6. The maximum atomic E-state index is 12.5. The summed E-state index contributed by atoms with van der Waals surface area (Å²) < 4.78 is 0.878. The van der Waals surface area contributed by atoms with Crippen LogP contribution in [0.25, 0.3) is 0 Å². The molecule has 1 aromatic heterocycles. The van der Waals surface area contributed by atoms with E-state index in [4.69, 9.17) is 0 Å². The van der Waals surface area contributed by atoms with Crippen molar-refractivity contribution >= 4 is 34.1 Å². The zero-order chi connectivity index (χ0) is 18.1. The van der Waals surface area contributed by atoms with Crippen LogP contribution in [0.2, 0.25) is 0 Å². The standard InChI is InChI=1S/C18H32N4OS2/c1-4-14(3)9-8-11-19-17-20-21-18(25-17)24-13-16(23)22-12-7-6-10-15(22)5-2/h14-15H,4-13H2,1-3H3,(H,19,20)/t14-,15+/m1/s1. The minimum Gasteiger partial charge on any atom is -0.360 e. The van der Waals surface area contributed by atoms with Crippen molar-refractivity contribution in [1.29, 1.82) is 0 Å². The SMILES string of the molecule is CC[C@@H](C)CCCNc1nnc(SCC(=O)N2CCCC[C@@H]2CC)s1. The number of amides is 1. The summed E-state index contributed by atoms with van der Waals surface area (Å²) in [5.41, 5.74) is 0. The number of nitrogens with one attached hydrogen (secondary N) is 1. The molecular weight excluding hydrogens is 352 g/mol. The third-order valence-electron chi connectivity index (χ3n) is 4.99. The lowest BCUT2D eigenvalue weighted by atomic mass is 10.0. The highest BCUT2D eigenvalue weighted by Gasteiger charge is 2.25. The molecule has 0 bridgehead atoms. The second-order valence-electron chi connectivity index (χ2n) is 6.89. The monoisotopic (exact) mass is 384 g/mol. The molecule has 1 N–H and O–H groups in total. The zero-order valence-corrected chi connectivity index (χ0v) is 17.4. The van der Waals surface area contributed by atoms with Gasteiger partial charge in [-0.1, -0.05) is 50.3 Å². The average molecular weight is 385 g/mol. The lowest BCUT2D eigenvalue weighted by molar-refractivity contribution is -0.132. The van der Waals surface area contributed by atoms with Gasteiger partial charge in [-0.2, -0.15) is 0 Å². The second-order valence-corrected chi connectivity index (χ2v) is 9.09. The molecule has 0 radical (unpaired) electrons. The Morgan fingerprint density at radius 1 is 1.40 bits per heavy atom. The molecule has 0 unspecified atom stereocenters. The number of likely N-dealkylation sites (tertiary alicyclic amines) is 1. The number of carbonyl (C=O) groups is 1. The summed E-state index contributed by atoms with van der Waals surface area (Å²) in [6.07, 6.45) is 8.23. The van der Waals surface area contributed by atoms with E-state index >= 15 is 0 Å². The topological polar surface area (TPSA) is 58.1 Å². The van der Waals surface area contributed by atoms with Gasteiger partial charge < -0.3 is 10.2 Å². The molecule has 2 heterocycles. The van der Waals surface area contributed by atoms with Crippen molar-refractivity contribution in [3.63, 3.8) is 0 Å². The number of rotatable bonds is 10. The van der Waals surface area contributed by atoms with E-state index in [2.05, 4.69) is 41.2 Å². The zero-order valence-electron chi connectivity index (χ0n) is 15.8. The molecule has 1 saturated heterocycles. The molecule has 142 valence electrons. The Bertz CT molecular complexity index is 523. The van der Waals surface area contributed by atoms with Crippen molar-refractivity contribution in [3.05, 3.63) is 0 Å². The van der Waals surface area contributed by atoms with Crippen molar-refractivity contribution in [3.8, 4) is 0 Å². The number of anilines is 1. The van der Waals surface area contributed by atoms with Crippen molar-refractivity contribution < 1.29 is 4.79 Å². The van der Waals surface area contributed by atoms with Gasteiger partial charge in [0, 0.05) is 19.1 Å². The summed E-state index contributed by atoms with van der Waals surface area (Å²) in [6, 6.07) is 0.430. The second kappa shape index (κ2) is 11.0. The maximum absolute atomic E-state index is 12.5. The first-order valence-electron chi connectivity index (χ1n) is 9.63. The van der Waals surface area contributed by atoms with Crippen LogP contribution in [0.5, 0.6) is 0 Å². The predicted octanol–water partition coefficient (Wildman–Crippen LogP) is 4.66. The fourth-order valence-corrected chi connectivity index (χ4v) is 4.81. The Labute approximate surface area is 160 Å². The summed E-state index contributed by atoms with van der Waals surface area (Å²) in [6.45, 7) is 8.56. The van der Waals surface area contributed by atoms with Gasteiger partial charge in [-0.05, 0) is 44.4 Å². The van der Waals surface area contributed by atoms with Gasteiger partial charge in [0.1, 0.15) is 0 Å². The molecule has 7 heteroatoms.